The summed E-state index contributed by atoms with van der Waals surface area (Å²) in [5.41, 5.74) is 0.784. The van der Waals surface area contributed by atoms with Crippen molar-refractivity contribution in [1.82, 2.24) is 10.2 Å². The summed E-state index contributed by atoms with van der Waals surface area (Å²) >= 11 is 0. The van der Waals surface area contributed by atoms with Crippen molar-refractivity contribution in [2.75, 3.05) is 38.2 Å². The Kier molecular flexibility index (Phi) is 10.7. The molecule has 1 aliphatic rings. The third-order valence-electron chi connectivity index (χ3n) is 5.04. The number of benzene rings is 1. The normalized spacial score (nSPS) is 15.9. The number of hydrogen-bond donors (Lipinski definition) is 2. The van der Waals surface area contributed by atoms with Crippen LogP contribution in [0, 0.1) is 0 Å². The van der Waals surface area contributed by atoms with Crippen LogP contribution >= 0.6 is 0 Å². The van der Waals surface area contributed by atoms with Crippen molar-refractivity contribution in [3.8, 4) is 5.75 Å². The number of ether oxygens (including phenoxy) is 2. The second-order valence-corrected chi connectivity index (χ2v) is 7.61. The van der Waals surface area contributed by atoms with Gasteiger partial charge in [0.2, 0.25) is 11.8 Å². The van der Waals surface area contributed by atoms with E-state index in [0.717, 1.165) is 17.9 Å². The van der Waals surface area contributed by atoms with Crippen LogP contribution in [0.15, 0.2) is 24.3 Å². The molecule has 1 aromatic rings. The molecule has 0 bridgehead atoms. The summed E-state index contributed by atoms with van der Waals surface area (Å²) in [7, 11) is 0. The summed E-state index contributed by atoms with van der Waals surface area (Å²) in [6.45, 7) is 5.85. The number of hydrogen-bond acceptors (Lipinski definition) is 6. The molecule has 8 heteroatoms. The number of rotatable bonds is 13. The maximum atomic E-state index is 12.7. The molecule has 1 aromatic carbocycles. The third-order valence-corrected chi connectivity index (χ3v) is 5.04. The Labute approximate surface area is 184 Å². The lowest BCUT2D eigenvalue weighted by atomic mass is 10.1. The van der Waals surface area contributed by atoms with Crippen LogP contribution < -0.4 is 15.4 Å². The van der Waals surface area contributed by atoms with Crippen LogP contribution in [0.5, 0.6) is 5.75 Å². The summed E-state index contributed by atoms with van der Waals surface area (Å²) < 4.78 is 10.8. The van der Waals surface area contributed by atoms with Crippen molar-refractivity contribution in [2.45, 2.75) is 58.4 Å². The fourth-order valence-corrected chi connectivity index (χ4v) is 3.32. The lowest BCUT2D eigenvalue weighted by Crippen LogP contribution is -2.58. The van der Waals surface area contributed by atoms with Gasteiger partial charge in [0.25, 0.3) is 0 Å². The number of nitrogens with zero attached hydrogens (tertiary/aromatic N) is 1. The van der Waals surface area contributed by atoms with E-state index in [-0.39, 0.29) is 24.8 Å². The number of piperazine rings is 1. The van der Waals surface area contributed by atoms with Gasteiger partial charge < -0.3 is 25.0 Å². The van der Waals surface area contributed by atoms with Gasteiger partial charge in [0.05, 0.1) is 26.2 Å². The topological polar surface area (TPSA) is 97.0 Å². The molecule has 172 valence electrons. The van der Waals surface area contributed by atoms with E-state index in [9.17, 15) is 14.4 Å². The first-order valence-corrected chi connectivity index (χ1v) is 11.2. The lowest BCUT2D eigenvalue weighted by molar-refractivity contribution is -0.151. The number of carbonyl (C=O) groups is 3. The molecule has 0 radical (unpaired) electrons. The summed E-state index contributed by atoms with van der Waals surface area (Å²) in [6.07, 6.45) is 5.20. The van der Waals surface area contributed by atoms with Gasteiger partial charge in [-0.05, 0) is 37.1 Å². The molecule has 2 amide bonds. The smallest absolute Gasteiger partial charge is 0.308 e. The third kappa shape index (κ3) is 8.47. The minimum atomic E-state index is -0.837. The molecular formula is C23H35N3O5. The maximum Gasteiger partial charge on any atom is 0.308 e. The van der Waals surface area contributed by atoms with Crippen molar-refractivity contribution >= 4 is 23.5 Å². The summed E-state index contributed by atoms with van der Waals surface area (Å²) in [4.78, 5) is 38.4. The molecule has 0 aromatic heterocycles. The minimum absolute atomic E-state index is 0.0327. The van der Waals surface area contributed by atoms with E-state index in [0.29, 0.717) is 32.7 Å². The van der Waals surface area contributed by atoms with E-state index >= 15 is 0 Å². The number of nitrogens with one attached hydrogen (secondary N) is 2. The van der Waals surface area contributed by atoms with E-state index in [4.69, 9.17) is 9.47 Å². The van der Waals surface area contributed by atoms with E-state index in [1.165, 1.54) is 24.2 Å². The van der Waals surface area contributed by atoms with Gasteiger partial charge in [0.15, 0.2) is 0 Å². The molecule has 0 saturated carbocycles. The maximum absolute atomic E-state index is 12.7. The quantitative estimate of drug-likeness (QED) is 0.367. The van der Waals surface area contributed by atoms with E-state index in [1.807, 2.05) is 31.2 Å². The molecule has 1 aliphatic heterocycles. The molecular weight excluding hydrogens is 398 g/mol. The van der Waals surface area contributed by atoms with Crippen molar-refractivity contribution in [1.29, 1.82) is 0 Å². The molecule has 1 saturated heterocycles. The molecule has 1 atom stereocenters. The monoisotopic (exact) mass is 433 g/mol. The minimum Gasteiger partial charge on any atom is -0.494 e. The number of anilines is 1. The molecule has 1 unspecified atom stereocenters. The number of carbonyl (C=O) groups excluding carboxylic acids is 3. The fraction of sp³-hybridized carbons (Fsp3) is 0.609. The van der Waals surface area contributed by atoms with Gasteiger partial charge in [-0.3, -0.25) is 14.4 Å². The number of esters is 1. The highest BCUT2D eigenvalue weighted by Crippen LogP contribution is 2.17. The zero-order valence-corrected chi connectivity index (χ0v) is 18.7. The predicted molar refractivity (Wildman–Crippen MR) is 119 cm³/mol. The van der Waals surface area contributed by atoms with Gasteiger partial charge in [-0.25, -0.2) is 0 Å². The largest absolute Gasteiger partial charge is 0.494 e. The highest BCUT2D eigenvalue weighted by atomic mass is 16.5. The fourth-order valence-electron chi connectivity index (χ4n) is 3.32. The van der Waals surface area contributed by atoms with Crippen LogP contribution in [0.4, 0.5) is 5.69 Å². The van der Waals surface area contributed by atoms with Crippen LogP contribution in [0.1, 0.15) is 52.4 Å². The first-order valence-electron chi connectivity index (χ1n) is 11.2. The first-order chi connectivity index (χ1) is 15.0. The molecule has 2 rings (SSSR count). The van der Waals surface area contributed by atoms with Crippen LogP contribution in [-0.2, 0) is 19.1 Å². The van der Waals surface area contributed by atoms with Crippen LogP contribution in [0.3, 0.4) is 0 Å². The van der Waals surface area contributed by atoms with Gasteiger partial charge in [-0.15, -0.1) is 0 Å². The van der Waals surface area contributed by atoms with Crippen LogP contribution in [-0.4, -0.2) is 61.6 Å². The molecule has 1 heterocycles. The van der Waals surface area contributed by atoms with Crippen LogP contribution in [0.25, 0.3) is 0 Å². The summed E-state index contributed by atoms with van der Waals surface area (Å²) in [5, 5.41) is 5.79. The summed E-state index contributed by atoms with van der Waals surface area (Å²) in [6, 6.07) is 6.62. The second-order valence-electron chi connectivity index (χ2n) is 7.61. The predicted octanol–water partition coefficient (Wildman–Crippen LogP) is 2.73. The Morgan fingerprint density at radius 1 is 1.10 bits per heavy atom. The molecule has 31 heavy (non-hydrogen) atoms. The van der Waals surface area contributed by atoms with E-state index in [2.05, 4.69) is 17.6 Å². The Morgan fingerprint density at radius 3 is 2.58 bits per heavy atom. The van der Waals surface area contributed by atoms with Crippen molar-refractivity contribution in [3.63, 3.8) is 0 Å². The zero-order valence-electron chi connectivity index (χ0n) is 18.7. The lowest BCUT2D eigenvalue weighted by Gasteiger charge is -2.34. The van der Waals surface area contributed by atoms with Gasteiger partial charge in [0, 0.05) is 18.8 Å². The van der Waals surface area contributed by atoms with Crippen molar-refractivity contribution < 1.29 is 23.9 Å². The van der Waals surface area contributed by atoms with Crippen LogP contribution in [0.2, 0.25) is 0 Å². The van der Waals surface area contributed by atoms with Gasteiger partial charge in [-0.2, -0.15) is 0 Å². The van der Waals surface area contributed by atoms with E-state index in [1.54, 1.807) is 0 Å². The van der Waals surface area contributed by atoms with Crippen molar-refractivity contribution in [2.24, 2.45) is 0 Å². The second kappa shape index (κ2) is 13.5. The number of amides is 2. The van der Waals surface area contributed by atoms with Crippen molar-refractivity contribution in [3.05, 3.63) is 24.3 Å². The van der Waals surface area contributed by atoms with Gasteiger partial charge in [0.1, 0.15) is 11.8 Å². The molecule has 1 fully saturated rings. The Bertz CT molecular complexity index is 708. The molecule has 0 spiro atoms. The molecule has 0 aliphatic carbocycles. The SMILES string of the molecule is CCCCCCOc1ccc(NCC(=O)N2CCNC(=O)C2CC(=O)OCCC)cc1. The number of unbranched alkanes of at least 4 members (excludes halogenated alkanes) is 3. The molecule has 8 nitrogen and oxygen atoms in total. The first kappa shape index (κ1) is 24.5. The van der Waals surface area contributed by atoms with Gasteiger partial charge in [-0.1, -0.05) is 33.1 Å². The zero-order chi connectivity index (χ0) is 22.5. The summed E-state index contributed by atoms with van der Waals surface area (Å²) in [5.74, 6) is -0.237. The average molecular weight is 434 g/mol. The molecule has 2 N–H and O–H groups in total. The average Bonchev–Trinajstić information content (AvgIpc) is 2.78. The highest BCUT2D eigenvalue weighted by molar-refractivity contribution is 5.93. The highest BCUT2D eigenvalue weighted by Gasteiger charge is 2.34. The Morgan fingerprint density at radius 2 is 1.87 bits per heavy atom. The Balaban J connectivity index is 1.82. The van der Waals surface area contributed by atoms with E-state index < -0.39 is 12.0 Å². The Hall–Kier alpha value is -2.77. The van der Waals surface area contributed by atoms with Gasteiger partial charge >= 0.3 is 5.97 Å². The standard InChI is InChI=1S/C23H35N3O5/c1-3-5-6-7-15-30-19-10-8-18(9-11-19)25-17-21(27)26-13-12-24-23(29)20(26)16-22(28)31-14-4-2/h8-11,20,25H,3-7,12-17H2,1-2H3,(H,24,29).